The summed E-state index contributed by atoms with van der Waals surface area (Å²) in [7, 11) is 1.87. The predicted molar refractivity (Wildman–Crippen MR) is 105 cm³/mol. The van der Waals surface area contributed by atoms with E-state index in [1.807, 2.05) is 11.7 Å². The molecule has 2 fully saturated rings. The van der Waals surface area contributed by atoms with Gasteiger partial charge >= 0.3 is 0 Å². The highest BCUT2D eigenvalue weighted by Crippen LogP contribution is 2.32. The molecule has 7 heteroatoms. The zero-order valence-electron chi connectivity index (χ0n) is 16.6. The Morgan fingerprint density at radius 2 is 1.88 bits per heavy atom. The Morgan fingerprint density at radius 3 is 2.46 bits per heavy atom. The average molecular weight is 362 g/mol. The van der Waals surface area contributed by atoms with Gasteiger partial charge in [-0.15, -0.1) is 0 Å². The number of guanidine groups is 1. The van der Waals surface area contributed by atoms with Gasteiger partial charge < -0.3 is 10.2 Å². The summed E-state index contributed by atoms with van der Waals surface area (Å²) >= 11 is 0. The van der Waals surface area contributed by atoms with Crippen molar-refractivity contribution in [3.63, 3.8) is 0 Å². The molecule has 26 heavy (non-hydrogen) atoms. The summed E-state index contributed by atoms with van der Waals surface area (Å²) in [6.07, 6.45) is 8.91. The largest absolute Gasteiger partial charge is 0.354 e. The van der Waals surface area contributed by atoms with Gasteiger partial charge in [-0.25, -0.2) is 4.98 Å². The lowest BCUT2D eigenvalue weighted by Gasteiger charge is -2.43. The van der Waals surface area contributed by atoms with E-state index >= 15 is 0 Å². The molecule has 1 aromatic rings. The first kappa shape index (κ1) is 19.1. The van der Waals surface area contributed by atoms with Crippen molar-refractivity contribution in [1.29, 1.82) is 0 Å². The molecule has 1 aliphatic heterocycles. The van der Waals surface area contributed by atoms with Gasteiger partial charge in [-0.3, -0.25) is 14.6 Å². The summed E-state index contributed by atoms with van der Waals surface area (Å²) in [5, 5.41) is 7.59. The van der Waals surface area contributed by atoms with Gasteiger partial charge in [0, 0.05) is 45.8 Å². The van der Waals surface area contributed by atoms with Crippen molar-refractivity contribution in [2.24, 2.45) is 16.8 Å². The number of nitrogens with zero attached hydrogens (tertiary/aromatic N) is 6. The van der Waals surface area contributed by atoms with Crippen molar-refractivity contribution in [2.75, 3.05) is 39.8 Å². The van der Waals surface area contributed by atoms with Crippen LogP contribution in [0.5, 0.6) is 0 Å². The van der Waals surface area contributed by atoms with E-state index in [0.717, 1.165) is 63.1 Å². The molecular weight excluding hydrogens is 326 g/mol. The maximum absolute atomic E-state index is 4.47. The van der Waals surface area contributed by atoms with Crippen LogP contribution < -0.4 is 5.32 Å². The lowest BCUT2D eigenvalue weighted by molar-refractivity contribution is 0.0864. The summed E-state index contributed by atoms with van der Waals surface area (Å²) in [4.78, 5) is 13.5. The molecule has 0 bridgehead atoms. The van der Waals surface area contributed by atoms with Crippen LogP contribution in [-0.2, 0) is 6.54 Å². The second-order valence-electron chi connectivity index (χ2n) is 7.97. The fourth-order valence-electron chi connectivity index (χ4n) is 4.40. The fourth-order valence-corrected chi connectivity index (χ4v) is 4.40. The highest BCUT2D eigenvalue weighted by Gasteiger charge is 2.29. The van der Waals surface area contributed by atoms with Crippen LogP contribution in [0.1, 0.15) is 39.5 Å². The third-order valence-electron chi connectivity index (χ3n) is 6.12. The van der Waals surface area contributed by atoms with Crippen molar-refractivity contribution in [3.05, 3.63) is 12.7 Å². The van der Waals surface area contributed by atoms with Gasteiger partial charge in [0.05, 0.1) is 6.54 Å². The van der Waals surface area contributed by atoms with E-state index in [1.54, 1.807) is 12.7 Å². The minimum atomic E-state index is 0.800. The van der Waals surface area contributed by atoms with Crippen LogP contribution in [0.15, 0.2) is 17.6 Å². The topological polar surface area (TPSA) is 61.6 Å². The van der Waals surface area contributed by atoms with Crippen molar-refractivity contribution in [3.8, 4) is 0 Å². The van der Waals surface area contributed by atoms with Gasteiger partial charge in [-0.05, 0) is 37.5 Å². The maximum atomic E-state index is 4.47. The Bertz CT molecular complexity index is 538. The molecule has 7 nitrogen and oxygen atoms in total. The molecule has 0 atom stereocenters. The smallest absolute Gasteiger partial charge is 0.193 e. The molecule has 1 aliphatic carbocycles. The van der Waals surface area contributed by atoms with Gasteiger partial charge in [-0.2, -0.15) is 5.10 Å². The molecule has 0 radical (unpaired) electrons. The van der Waals surface area contributed by atoms with Crippen LogP contribution in [0, 0.1) is 11.8 Å². The molecule has 0 aromatic carbocycles. The number of aliphatic imine (C=N–C) groups is 1. The second-order valence-corrected chi connectivity index (χ2v) is 7.97. The summed E-state index contributed by atoms with van der Waals surface area (Å²) < 4.78 is 1.84. The summed E-state index contributed by atoms with van der Waals surface area (Å²) in [5.74, 6) is 2.80. The molecule has 0 spiro atoms. The van der Waals surface area contributed by atoms with Gasteiger partial charge in [-0.1, -0.05) is 13.8 Å². The van der Waals surface area contributed by atoms with E-state index in [4.69, 9.17) is 0 Å². The SMILES string of the molecule is CN=C(NCCn1cncn1)N1CCN(C2CCC(C(C)C)CC2)CC1. The number of piperazine rings is 1. The van der Waals surface area contributed by atoms with E-state index in [9.17, 15) is 0 Å². The summed E-state index contributed by atoms with van der Waals surface area (Å²) in [5.41, 5.74) is 0. The molecule has 0 unspecified atom stereocenters. The van der Waals surface area contributed by atoms with E-state index < -0.39 is 0 Å². The third-order valence-corrected chi connectivity index (χ3v) is 6.12. The van der Waals surface area contributed by atoms with Gasteiger partial charge in [0.25, 0.3) is 0 Å². The van der Waals surface area contributed by atoms with Crippen molar-refractivity contribution in [2.45, 2.75) is 52.1 Å². The number of aromatic nitrogens is 3. The highest BCUT2D eigenvalue weighted by atomic mass is 15.4. The number of nitrogens with one attached hydrogen (secondary N) is 1. The fraction of sp³-hybridized carbons (Fsp3) is 0.842. The molecule has 0 amide bonds. The standard InChI is InChI=1S/C19H35N7/c1-16(2)17-4-6-18(7-5-17)24-10-12-25(13-11-24)19(20-3)22-8-9-26-15-21-14-23-26/h14-18H,4-13H2,1-3H3,(H,20,22). The van der Waals surface area contributed by atoms with Crippen LogP contribution in [0.3, 0.4) is 0 Å². The molecular formula is C19H35N7. The molecule has 1 saturated heterocycles. The first-order chi connectivity index (χ1) is 12.7. The average Bonchev–Trinajstić information content (AvgIpc) is 3.19. The molecule has 2 heterocycles. The molecule has 1 aromatic heterocycles. The third kappa shape index (κ3) is 4.96. The first-order valence-corrected chi connectivity index (χ1v) is 10.2. The summed E-state index contributed by atoms with van der Waals surface area (Å²) in [6.45, 7) is 10.8. The zero-order valence-corrected chi connectivity index (χ0v) is 16.6. The van der Waals surface area contributed by atoms with Gasteiger partial charge in [0.15, 0.2) is 5.96 Å². The van der Waals surface area contributed by atoms with Crippen molar-refractivity contribution >= 4 is 5.96 Å². The molecule has 1 saturated carbocycles. The van der Waals surface area contributed by atoms with Crippen LogP contribution in [0.4, 0.5) is 0 Å². The number of hydrogen-bond donors (Lipinski definition) is 1. The van der Waals surface area contributed by atoms with Crippen molar-refractivity contribution < 1.29 is 0 Å². The first-order valence-electron chi connectivity index (χ1n) is 10.2. The van der Waals surface area contributed by atoms with E-state index in [0.29, 0.717) is 0 Å². The van der Waals surface area contributed by atoms with Crippen LogP contribution in [0.25, 0.3) is 0 Å². The van der Waals surface area contributed by atoms with Crippen LogP contribution in [-0.4, -0.2) is 76.3 Å². The minimum absolute atomic E-state index is 0.800. The molecule has 1 N–H and O–H groups in total. The Labute approximate surface area is 157 Å². The van der Waals surface area contributed by atoms with E-state index in [1.165, 1.54) is 25.7 Å². The van der Waals surface area contributed by atoms with Crippen molar-refractivity contribution in [1.82, 2.24) is 29.9 Å². The van der Waals surface area contributed by atoms with Crippen LogP contribution in [0.2, 0.25) is 0 Å². The Kier molecular flexibility index (Phi) is 6.88. The summed E-state index contributed by atoms with van der Waals surface area (Å²) in [6, 6.07) is 0.800. The monoisotopic (exact) mass is 361 g/mol. The molecule has 146 valence electrons. The Hall–Kier alpha value is -1.63. The lowest BCUT2D eigenvalue weighted by Crippen LogP contribution is -2.55. The Morgan fingerprint density at radius 1 is 1.15 bits per heavy atom. The second kappa shape index (κ2) is 9.35. The molecule has 2 aliphatic rings. The molecule has 3 rings (SSSR count). The minimum Gasteiger partial charge on any atom is -0.354 e. The van der Waals surface area contributed by atoms with E-state index in [2.05, 4.69) is 44.0 Å². The van der Waals surface area contributed by atoms with Gasteiger partial charge in [0.1, 0.15) is 12.7 Å². The maximum Gasteiger partial charge on any atom is 0.193 e. The highest BCUT2D eigenvalue weighted by molar-refractivity contribution is 5.79. The number of rotatable bonds is 5. The van der Waals surface area contributed by atoms with Crippen LogP contribution >= 0.6 is 0 Å². The number of hydrogen-bond acceptors (Lipinski definition) is 4. The quantitative estimate of drug-likeness (QED) is 0.639. The Balaban J connectivity index is 1.39. The van der Waals surface area contributed by atoms with Gasteiger partial charge in [0.2, 0.25) is 0 Å². The normalized spacial score (nSPS) is 25.7. The lowest BCUT2D eigenvalue weighted by atomic mass is 9.79. The zero-order chi connectivity index (χ0) is 18.4. The predicted octanol–water partition coefficient (Wildman–Crippen LogP) is 1.69. The van der Waals surface area contributed by atoms with E-state index in [-0.39, 0.29) is 0 Å².